The third kappa shape index (κ3) is 2.83. The van der Waals surface area contributed by atoms with Gasteiger partial charge in [0, 0.05) is 0 Å². The topological polar surface area (TPSA) is 57.5 Å². The van der Waals surface area contributed by atoms with E-state index in [-0.39, 0.29) is 0 Å². The highest BCUT2D eigenvalue weighted by Crippen LogP contribution is 2.32. The Hall–Kier alpha value is -0.916. The Morgan fingerprint density at radius 1 is 1.05 bits per heavy atom. The minimum Gasteiger partial charge on any atom is -0.479 e. The summed E-state index contributed by atoms with van der Waals surface area (Å²) >= 11 is 0. The van der Waals surface area contributed by atoms with Gasteiger partial charge in [-0.15, -0.1) is 0 Å². The predicted molar refractivity (Wildman–Crippen MR) is 84.3 cm³/mol. The first kappa shape index (κ1) is 16.1. The van der Waals surface area contributed by atoms with Crippen LogP contribution in [0.25, 0.3) is 0 Å². The lowest BCUT2D eigenvalue weighted by molar-refractivity contribution is -0.151. The van der Waals surface area contributed by atoms with Crippen molar-refractivity contribution in [3.63, 3.8) is 0 Å². The van der Waals surface area contributed by atoms with E-state index < -0.39 is 27.3 Å². The van der Waals surface area contributed by atoms with E-state index in [0.29, 0.717) is 5.56 Å². The smallest absolute Gasteiger partial charge is 0.336 e. The SMILES string of the molecule is C[Si](C)(C)c1ccccc1[C@@](O)(C(=O)O)[Si](C)(C)C. The summed E-state index contributed by atoms with van der Waals surface area (Å²) in [5.41, 5.74) is 0.598. The van der Waals surface area contributed by atoms with Crippen molar-refractivity contribution in [1.29, 1.82) is 0 Å². The Morgan fingerprint density at radius 2 is 1.53 bits per heavy atom. The molecule has 1 rings (SSSR count). The van der Waals surface area contributed by atoms with E-state index in [1.165, 1.54) is 0 Å². The van der Waals surface area contributed by atoms with Crippen molar-refractivity contribution in [2.24, 2.45) is 0 Å². The fourth-order valence-electron chi connectivity index (χ4n) is 2.29. The van der Waals surface area contributed by atoms with Gasteiger partial charge in [0.25, 0.3) is 0 Å². The Kier molecular flexibility index (Phi) is 4.15. The average Bonchev–Trinajstić information content (AvgIpc) is 2.25. The maximum atomic E-state index is 11.7. The van der Waals surface area contributed by atoms with Gasteiger partial charge in [0.05, 0.1) is 8.07 Å². The molecule has 0 aliphatic rings. The summed E-state index contributed by atoms with van der Waals surface area (Å²) in [7, 11) is -4.06. The largest absolute Gasteiger partial charge is 0.479 e. The van der Waals surface area contributed by atoms with Gasteiger partial charge in [-0.3, -0.25) is 0 Å². The zero-order chi connectivity index (χ0) is 15.1. The van der Waals surface area contributed by atoms with Crippen LogP contribution < -0.4 is 5.19 Å². The Bertz CT molecular complexity index is 486. The van der Waals surface area contributed by atoms with Crippen LogP contribution in [0, 0.1) is 0 Å². The van der Waals surface area contributed by atoms with E-state index in [0.717, 1.165) is 5.19 Å². The second-order valence-electron chi connectivity index (χ2n) is 7.06. The highest BCUT2D eigenvalue weighted by molar-refractivity contribution is 6.90. The van der Waals surface area contributed by atoms with E-state index >= 15 is 0 Å². The highest BCUT2D eigenvalue weighted by atomic mass is 28.3. The third-order valence-corrected chi connectivity index (χ3v) is 8.23. The van der Waals surface area contributed by atoms with Crippen molar-refractivity contribution in [2.45, 2.75) is 44.5 Å². The molecule has 0 heterocycles. The van der Waals surface area contributed by atoms with Gasteiger partial charge < -0.3 is 10.2 Å². The van der Waals surface area contributed by atoms with Crippen molar-refractivity contribution in [3.8, 4) is 0 Å². The average molecular weight is 297 g/mol. The number of carboxylic acid groups (broad SMARTS) is 1. The fourth-order valence-corrected chi connectivity index (χ4v) is 5.75. The number of rotatable bonds is 4. The van der Waals surface area contributed by atoms with Crippen LogP contribution in [0.4, 0.5) is 0 Å². The molecule has 0 bridgehead atoms. The van der Waals surface area contributed by atoms with Gasteiger partial charge in [-0.1, -0.05) is 68.7 Å². The minimum atomic E-state index is -2.35. The van der Waals surface area contributed by atoms with Crippen molar-refractivity contribution < 1.29 is 15.0 Å². The highest BCUT2D eigenvalue weighted by Gasteiger charge is 2.51. The molecule has 2 N–H and O–H groups in total. The quantitative estimate of drug-likeness (QED) is 0.839. The summed E-state index contributed by atoms with van der Waals surface area (Å²) in [5.74, 6) is -1.13. The molecule has 0 fully saturated rings. The van der Waals surface area contributed by atoms with Crippen molar-refractivity contribution in [3.05, 3.63) is 29.8 Å². The summed E-state index contributed by atoms with van der Waals surface area (Å²) in [4.78, 5) is 11.7. The molecule has 0 saturated carbocycles. The monoisotopic (exact) mass is 296 g/mol. The van der Waals surface area contributed by atoms with Gasteiger partial charge in [-0.05, 0) is 5.56 Å². The van der Waals surface area contributed by atoms with Gasteiger partial charge >= 0.3 is 5.97 Å². The molecule has 1 aromatic rings. The van der Waals surface area contributed by atoms with E-state index in [1.54, 1.807) is 6.07 Å². The van der Waals surface area contributed by atoms with Crippen LogP contribution >= 0.6 is 0 Å². The number of hydrogen-bond donors (Lipinski definition) is 2. The first-order valence-corrected chi connectivity index (χ1v) is 13.5. The van der Waals surface area contributed by atoms with Crippen LogP contribution in [0.3, 0.4) is 0 Å². The van der Waals surface area contributed by atoms with Crippen LogP contribution in [-0.2, 0) is 10.0 Å². The molecule has 0 aliphatic heterocycles. The molecule has 0 spiro atoms. The van der Waals surface area contributed by atoms with Crippen molar-refractivity contribution in [2.75, 3.05) is 0 Å². The predicted octanol–water partition coefficient (Wildman–Crippen LogP) is 2.38. The summed E-state index contributed by atoms with van der Waals surface area (Å²) < 4.78 is 0. The molecular formula is C14H24O3Si2. The molecule has 1 atom stereocenters. The van der Waals surface area contributed by atoms with Crippen molar-refractivity contribution in [1.82, 2.24) is 0 Å². The second kappa shape index (κ2) is 4.88. The second-order valence-corrected chi connectivity index (χ2v) is 17.3. The number of benzene rings is 1. The van der Waals surface area contributed by atoms with Gasteiger partial charge in [-0.2, -0.15) is 0 Å². The zero-order valence-electron chi connectivity index (χ0n) is 12.6. The summed E-state index contributed by atoms with van der Waals surface area (Å²) in [6.07, 6.45) is 0. The van der Waals surface area contributed by atoms with Crippen LogP contribution in [0.15, 0.2) is 24.3 Å². The summed E-state index contributed by atoms with van der Waals surface area (Å²) in [6, 6.07) is 7.48. The number of hydrogen-bond acceptors (Lipinski definition) is 2. The van der Waals surface area contributed by atoms with E-state index in [4.69, 9.17) is 0 Å². The van der Waals surface area contributed by atoms with Crippen molar-refractivity contribution >= 4 is 27.3 Å². The Morgan fingerprint density at radius 3 is 1.89 bits per heavy atom. The lowest BCUT2D eigenvalue weighted by Crippen LogP contribution is -2.59. The molecule has 5 heteroatoms. The first-order valence-electron chi connectivity index (χ1n) is 6.48. The number of aliphatic hydroxyl groups is 1. The molecule has 0 radical (unpaired) electrons. The Balaban J connectivity index is 3.64. The summed E-state index contributed by atoms with van der Waals surface area (Å²) in [6.45, 7) is 12.2. The maximum Gasteiger partial charge on any atom is 0.336 e. The molecular weight excluding hydrogens is 272 g/mol. The maximum absolute atomic E-state index is 11.7. The molecule has 0 aliphatic carbocycles. The standard InChI is InChI=1S/C14H24O3Si2/c1-18(2,3)12-10-8-7-9-11(12)14(17,13(15)16)19(4,5)6/h7-10,17H,1-6H3,(H,15,16)/t14-/m0/s1. The van der Waals surface area contributed by atoms with Gasteiger partial charge in [-0.25, -0.2) is 4.79 Å². The molecule has 1 aromatic carbocycles. The van der Waals surface area contributed by atoms with Crippen LogP contribution in [0.5, 0.6) is 0 Å². The van der Waals surface area contributed by atoms with Gasteiger partial charge in [0.1, 0.15) is 8.07 Å². The molecule has 106 valence electrons. The minimum absolute atomic E-state index is 0.598. The summed E-state index contributed by atoms with van der Waals surface area (Å²) in [5, 5.41) is 19.8. The third-order valence-electron chi connectivity index (χ3n) is 3.52. The first-order chi connectivity index (χ1) is 8.42. The normalized spacial score (nSPS) is 15.9. The number of aliphatic carboxylic acids is 1. The van der Waals surface area contributed by atoms with E-state index in [9.17, 15) is 15.0 Å². The fraction of sp³-hybridized carbons (Fsp3) is 0.500. The molecule has 0 saturated heterocycles. The molecule has 0 amide bonds. The Labute approximate surface area is 117 Å². The van der Waals surface area contributed by atoms with Crippen LogP contribution in [0.1, 0.15) is 5.56 Å². The van der Waals surface area contributed by atoms with Crippen LogP contribution in [0.2, 0.25) is 39.3 Å². The molecule has 3 nitrogen and oxygen atoms in total. The lowest BCUT2D eigenvalue weighted by atomic mass is 10.1. The van der Waals surface area contributed by atoms with E-state index in [1.807, 2.05) is 37.8 Å². The number of carbonyl (C=O) groups is 1. The number of carboxylic acids is 1. The zero-order valence-corrected chi connectivity index (χ0v) is 14.6. The molecule has 0 unspecified atom stereocenters. The molecule has 0 aromatic heterocycles. The molecule has 19 heavy (non-hydrogen) atoms. The lowest BCUT2D eigenvalue weighted by Gasteiger charge is -2.38. The van der Waals surface area contributed by atoms with E-state index in [2.05, 4.69) is 19.6 Å². The van der Waals surface area contributed by atoms with Gasteiger partial charge in [0.15, 0.2) is 5.22 Å². The van der Waals surface area contributed by atoms with Gasteiger partial charge in [0.2, 0.25) is 0 Å². The van der Waals surface area contributed by atoms with Crippen LogP contribution in [-0.4, -0.2) is 32.3 Å².